The van der Waals surface area contributed by atoms with E-state index in [2.05, 4.69) is 17.0 Å². The van der Waals surface area contributed by atoms with Crippen molar-refractivity contribution in [1.29, 1.82) is 0 Å². The van der Waals surface area contributed by atoms with Crippen molar-refractivity contribution in [2.24, 2.45) is 11.3 Å². The van der Waals surface area contributed by atoms with Crippen LogP contribution in [-0.2, 0) is 19.6 Å². The summed E-state index contributed by atoms with van der Waals surface area (Å²) < 4.78 is 34.1. The van der Waals surface area contributed by atoms with E-state index in [1.807, 2.05) is 52.0 Å². The van der Waals surface area contributed by atoms with Crippen molar-refractivity contribution in [3.05, 3.63) is 51.3 Å². The van der Waals surface area contributed by atoms with Crippen molar-refractivity contribution < 1.29 is 22.7 Å². The van der Waals surface area contributed by atoms with Crippen molar-refractivity contribution in [2.45, 2.75) is 92.7 Å². The number of anilines is 1. The first-order valence-electron chi connectivity index (χ1n) is 14.3. The van der Waals surface area contributed by atoms with Gasteiger partial charge in [0.05, 0.1) is 24.1 Å². The molecule has 1 amide bonds. The lowest BCUT2D eigenvalue weighted by Gasteiger charge is -2.31. The fraction of sp³-hybridized carbons (Fsp3) is 0.581. The Kier molecular flexibility index (Phi) is 10.1. The number of sulfonamides is 1. The molecule has 1 aliphatic rings. The molecule has 0 aliphatic heterocycles. The Balaban J connectivity index is 2.39. The normalized spacial score (nSPS) is 18.4. The lowest BCUT2D eigenvalue weighted by Crippen LogP contribution is -2.41. The number of hydrogen-bond donors (Lipinski definition) is 2. The summed E-state index contributed by atoms with van der Waals surface area (Å²) in [5.41, 5.74) is 0.810. The number of amides is 1. The molecule has 1 unspecified atom stereocenters. The molecule has 1 aliphatic carbocycles. The molecule has 1 aromatic heterocycles. The molecule has 226 valence electrons. The van der Waals surface area contributed by atoms with Crippen LogP contribution in [0.2, 0.25) is 0 Å². The molecular formula is C31H45N3O6S. The summed E-state index contributed by atoms with van der Waals surface area (Å²) in [5, 5.41) is 3.05. The number of ether oxygens (including phenoxy) is 1. The van der Waals surface area contributed by atoms with Crippen LogP contribution < -0.4 is 15.6 Å². The van der Waals surface area contributed by atoms with Crippen LogP contribution in [0.4, 0.5) is 5.69 Å². The molecule has 0 bridgehead atoms. The SMILES string of the molecule is CCOC(=O)C(CC(C)(C)C)n1c(-c2ccc(C)cc2)c(C)c(C(=O)N[C@H]2CC[C@H](C)CC2)c(NS(C)(=O)=O)c1=O. The molecule has 2 N–H and O–H groups in total. The maximum Gasteiger partial charge on any atom is 0.329 e. The summed E-state index contributed by atoms with van der Waals surface area (Å²) >= 11 is 0. The highest BCUT2D eigenvalue weighted by atomic mass is 32.2. The van der Waals surface area contributed by atoms with Crippen LogP contribution in [0.15, 0.2) is 29.1 Å². The van der Waals surface area contributed by atoms with Gasteiger partial charge >= 0.3 is 5.97 Å². The quantitative estimate of drug-likeness (QED) is 0.381. The fourth-order valence-corrected chi connectivity index (χ4v) is 6.06. The standard InChI is InChI=1S/C31H45N3O6S/c1-9-40-30(37)24(18-31(5,6)7)34-27(22-14-10-19(2)11-15-22)21(4)25(26(29(34)36)33-41(8,38)39)28(35)32-23-16-12-20(3)13-17-23/h10-11,14-15,20,23-24,33H,9,12-13,16-18H2,1-8H3,(H,32,35)/t20-,23-,24?. The monoisotopic (exact) mass is 587 g/mol. The number of benzene rings is 1. The molecule has 1 atom stereocenters. The Labute approximate surface area is 244 Å². The van der Waals surface area contributed by atoms with Gasteiger partial charge < -0.3 is 10.1 Å². The summed E-state index contributed by atoms with van der Waals surface area (Å²) in [6.07, 6.45) is 4.74. The molecule has 1 fully saturated rings. The minimum absolute atomic E-state index is 0.0377. The molecule has 1 saturated carbocycles. The molecule has 1 aromatic carbocycles. The summed E-state index contributed by atoms with van der Waals surface area (Å²) in [6.45, 7) is 13.5. The second-order valence-corrected chi connectivity index (χ2v) is 14.4. The fourth-order valence-electron chi connectivity index (χ4n) is 5.50. The number of pyridine rings is 1. The Morgan fingerprint density at radius 1 is 1.07 bits per heavy atom. The van der Waals surface area contributed by atoms with Crippen LogP contribution in [0.1, 0.15) is 94.2 Å². The average Bonchev–Trinajstić information content (AvgIpc) is 2.85. The van der Waals surface area contributed by atoms with Crippen LogP contribution in [0, 0.1) is 25.2 Å². The lowest BCUT2D eigenvalue weighted by molar-refractivity contribution is -0.148. The third kappa shape index (κ3) is 8.21. The highest BCUT2D eigenvalue weighted by Crippen LogP contribution is 2.36. The van der Waals surface area contributed by atoms with Crippen LogP contribution >= 0.6 is 0 Å². The van der Waals surface area contributed by atoms with E-state index in [0.717, 1.165) is 37.5 Å². The van der Waals surface area contributed by atoms with Gasteiger partial charge in [-0.3, -0.25) is 18.9 Å². The van der Waals surface area contributed by atoms with Gasteiger partial charge in [-0.15, -0.1) is 0 Å². The molecule has 2 aromatic rings. The third-order valence-corrected chi connectivity index (χ3v) is 8.10. The van der Waals surface area contributed by atoms with Crippen molar-refractivity contribution in [1.82, 2.24) is 9.88 Å². The second kappa shape index (κ2) is 12.8. The molecule has 1 heterocycles. The minimum Gasteiger partial charge on any atom is -0.464 e. The van der Waals surface area contributed by atoms with E-state index in [0.29, 0.717) is 22.7 Å². The zero-order valence-electron chi connectivity index (χ0n) is 25.6. The molecular weight excluding hydrogens is 542 g/mol. The zero-order chi connectivity index (χ0) is 30.7. The summed E-state index contributed by atoms with van der Waals surface area (Å²) in [5.74, 6) is -0.544. The number of nitrogens with one attached hydrogen (secondary N) is 2. The highest BCUT2D eigenvalue weighted by Gasteiger charge is 2.35. The number of aryl methyl sites for hydroxylation is 1. The van der Waals surface area contributed by atoms with Crippen molar-refractivity contribution >= 4 is 27.6 Å². The van der Waals surface area contributed by atoms with Gasteiger partial charge in [0, 0.05) is 6.04 Å². The Morgan fingerprint density at radius 3 is 2.17 bits per heavy atom. The van der Waals surface area contributed by atoms with E-state index in [1.54, 1.807) is 13.8 Å². The zero-order valence-corrected chi connectivity index (χ0v) is 26.4. The van der Waals surface area contributed by atoms with E-state index >= 15 is 0 Å². The molecule has 3 rings (SSSR count). The lowest BCUT2D eigenvalue weighted by atomic mass is 9.86. The van der Waals surface area contributed by atoms with Crippen molar-refractivity contribution in [3.63, 3.8) is 0 Å². The Hall–Kier alpha value is -3.14. The number of rotatable bonds is 9. The second-order valence-electron chi connectivity index (χ2n) is 12.6. The van der Waals surface area contributed by atoms with E-state index < -0.39 is 38.9 Å². The molecule has 41 heavy (non-hydrogen) atoms. The number of aromatic nitrogens is 1. The van der Waals surface area contributed by atoms with E-state index in [9.17, 15) is 22.8 Å². The van der Waals surface area contributed by atoms with E-state index in [4.69, 9.17) is 4.74 Å². The first-order valence-corrected chi connectivity index (χ1v) is 16.2. The number of esters is 1. The average molecular weight is 588 g/mol. The largest absolute Gasteiger partial charge is 0.464 e. The maximum atomic E-state index is 14.4. The first-order chi connectivity index (χ1) is 19.0. The number of carbonyl (C=O) groups is 2. The van der Waals surface area contributed by atoms with Crippen molar-refractivity contribution in [2.75, 3.05) is 17.6 Å². The van der Waals surface area contributed by atoms with Crippen LogP contribution in [0.5, 0.6) is 0 Å². The topological polar surface area (TPSA) is 124 Å². The van der Waals surface area contributed by atoms with Gasteiger partial charge in [-0.05, 0) is 75.3 Å². The van der Waals surface area contributed by atoms with Gasteiger partial charge in [-0.1, -0.05) is 57.5 Å². The summed E-state index contributed by atoms with van der Waals surface area (Å²) in [7, 11) is -3.96. The van der Waals surface area contributed by atoms with Gasteiger partial charge in [0.15, 0.2) is 0 Å². The van der Waals surface area contributed by atoms with Gasteiger partial charge in [-0.2, -0.15) is 0 Å². The van der Waals surface area contributed by atoms with Crippen LogP contribution in [0.3, 0.4) is 0 Å². The van der Waals surface area contributed by atoms with Crippen LogP contribution in [-0.4, -0.2) is 43.8 Å². The maximum absolute atomic E-state index is 14.4. The van der Waals surface area contributed by atoms with Gasteiger partial charge in [0.1, 0.15) is 11.7 Å². The number of nitrogens with zero attached hydrogens (tertiary/aromatic N) is 1. The summed E-state index contributed by atoms with van der Waals surface area (Å²) in [6, 6.07) is 6.30. The molecule has 0 saturated heterocycles. The highest BCUT2D eigenvalue weighted by molar-refractivity contribution is 7.92. The van der Waals surface area contributed by atoms with Crippen molar-refractivity contribution in [3.8, 4) is 11.3 Å². The number of carbonyl (C=O) groups excluding carboxylic acids is 2. The molecule has 10 heteroatoms. The van der Waals surface area contributed by atoms with E-state index in [1.165, 1.54) is 4.57 Å². The van der Waals surface area contributed by atoms with E-state index in [-0.39, 0.29) is 30.3 Å². The third-order valence-electron chi connectivity index (χ3n) is 7.52. The first kappa shape index (κ1) is 32.4. The molecule has 0 spiro atoms. The van der Waals surface area contributed by atoms with Gasteiger partial charge in [0.25, 0.3) is 11.5 Å². The smallest absolute Gasteiger partial charge is 0.329 e. The number of hydrogen-bond acceptors (Lipinski definition) is 6. The molecule has 9 nitrogen and oxygen atoms in total. The predicted octanol–water partition coefficient (Wildman–Crippen LogP) is 5.35. The van der Waals surface area contributed by atoms with Crippen LogP contribution in [0.25, 0.3) is 11.3 Å². The van der Waals surface area contributed by atoms with Gasteiger partial charge in [-0.25, -0.2) is 13.2 Å². The summed E-state index contributed by atoms with van der Waals surface area (Å²) in [4.78, 5) is 41.7. The molecule has 0 radical (unpaired) electrons. The minimum atomic E-state index is -3.96. The predicted molar refractivity (Wildman–Crippen MR) is 163 cm³/mol. The Morgan fingerprint density at radius 2 is 1.66 bits per heavy atom. The van der Waals surface area contributed by atoms with Gasteiger partial charge in [0.2, 0.25) is 10.0 Å². The Bertz CT molecular complexity index is 1430.